The summed E-state index contributed by atoms with van der Waals surface area (Å²) in [5, 5.41) is 6.09. The van der Waals surface area contributed by atoms with E-state index in [0.717, 1.165) is 18.7 Å². The van der Waals surface area contributed by atoms with Crippen molar-refractivity contribution < 1.29 is 23.0 Å². The molecule has 1 amide bonds. The minimum absolute atomic E-state index is 0.0852. The monoisotopic (exact) mass is 342 g/mol. The Labute approximate surface area is 140 Å². The number of hydrogen-bond donors (Lipinski definition) is 2. The molecule has 2 rings (SSSR count). The number of carbonyl (C=O) groups is 1. The van der Waals surface area contributed by atoms with E-state index in [1.54, 1.807) is 19.2 Å². The second kappa shape index (κ2) is 8.39. The first-order valence-electron chi connectivity index (χ1n) is 7.99. The van der Waals surface area contributed by atoms with Crippen molar-refractivity contribution in [3.05, 3.63) is 29.3 Å². The van der Waals surface area contributed by atoms with Crippen LogP contribution in [0.5, 0.6) is 5.75 Å². The fourth-order valence-electron chi connectivity index (χ4n) is 3.04. The molecule has 1 aromatic rings. The molecule has 1 fully saturated rings. The fraction of sp³-hybridized carbons (Fsp3) is 0.588. The molecule has 0 radical (unpaired) electrons. The topological polar surface area (TPSA) is 59.6 Å². The number of alkyl halides is 2. The normalized spacial score (nSPS) is 16.9. The van der Waals surface area contributed by atoms with Gasteiger partial charge in [-0.3, -0.25) is 4.79 Å². The standard InChI is InChI=1S/C17H24F2N2O3/c1-12-3-4-14(24-16(18)19)13(9-12)10-21-15(22)17(11-23-2)5-7-20-8-6-17/h3-4,9,16,20H,5-8,10-11H2,1-2H3,(H,21,22). The highest BCUT2D eigenvalue weighted by molar-refractivity contribution is 5.83. The number of benzene rings is 1. The Bertz CT molecular complexity index is 555. The molecule has 5 nitrogen and oxygen atoms in total. The van der Waals surface area contributed by atoms with E-state index in [4.69, 9.17) is 4.74 Å². The van der Waals surface area contributed by atoms with Gasteiger partial charge >= 0.3 is 6.61 Å². The van der Waals surface area contributed by atoms with Crippen molar-refractivity contribution in [3.8, 4) is 5.75 Å². The molecule has 0 spiro atoms. The molecule has 0 unspecified atom stereocenters. The summed E-state index contributed by atoms with van der Waals surface area (Å²) in [4.78, 5) is 12.7. The van der Waals surface area contributed by atoms with Gasteiger partial charge in [-0.05, 0) is 38.9 Å². The molecule has 0 aromatic heterocycles. The predicted molar refractivity (Wildman–Crippen MR) is 86.1 cm³/mol. The Kier molecular flexibility index (Phi) is 6.51. The summed E-state index contributed by atoms with van der Waals surface area (Å²) in [7, 11) is 1.58. The van der Waals surface area contributed by atoms with Gasteiger partial charge < -0.3 is 20.1 Å². The van der Waals surface area contributed by atoms with E-state index in [1.807, 2.05) is 6.92 Å². The zero-order valence-electron chi connectivity index (χ0n) is 14.0. The van der Waals surface area contributed by atoms with Crippen molar-refractivity contribution in [1.29, 1.82) is 0 Å². The highest BCUT2D eigenvalue weighted by Gasteiger charge is 2.39. The van der Waals surface area contributed by atoms with Gasteiger partial charge in [-0.1, -0.05) is 17.7 Å². The third-order valence-electron chi connectivity index (χ3n) is 4.33. The Morgan fingerprint density at radius 3 is 2.71 bits per heavy atom. The maximum absolute atomic E-state index is 12.7. The van der Waals surface area contributed by atoms with E-state index in [2.05, 4.69) is 15.4 Å². The first-order valence-corrected chi connectivity index (χ1v) is 7.99. The van der Waals surface area contributed by atoms with Gasteiger partial charge in [0.2, 0.25) is 5.91 Å². The molecule has 0 saturated carbocycles. The molecule has 24 heavy (non-hydrogen) atoms. The smallest absolute Gasteiger partial charge is 0.387 e. The number of amides is 1. The van der Waals surface area contributed by atoms with Crippen LogP contribution in [0, 0.1) is 12.3 Å². The molecule has 0 atom stereocenters. The number of hydrogen-bond acceptors (Lipinski definition) is 4. The quantitative estimate of drug-likeness (QED) is 0.798. The molecule has 1 aromatic carbocycles. The largest absolute Gasteiger partial charge is 0.434 e. The van der Waals surface area contributed by atoms with Crippen LogP contribution in [0.15, 0.2) is 18.2 Å². The van der Waals surface area contributed by atoms with Crippen LogP contribution in [-0.4, -0.2) is 39.3 Å². The number of aryl methyl sites for hydroxylation is 1. The molecule has 134 valence electrons. The average molecular weight is 342 g/mol. The lowest BCUT2D eigenvalue weighted by atomic mass is 9.78. The van der Waals surface area contributed by atoms with Gasteiger partial charge in [-0.25, -0.2) is 0 Å². The summed E-state index contributed by atoms with van der Waals surface area (Å²) in [5.74, 6) is -0.0302. The van der Waals surface area contributed by atoms with Gasteiger partial charge in [0, 0.05) is 19.2 Å². The molecule has 1 aliphatic heterocycles. The van der Waals surface area contributed by atoms with E-state index in [0.29, 0.717) is 25.0 Å². The highest BCUT2D eigenvalue weighted by atomic mass is 19.3. The zero-order chi connectivity index (χ0) is 17.6. The number of nitrogens with one attached hydrogen (secondary N) is 2. The molecule has 7 heteroatoms. The van der Waals surface area contributed by atoms with Crippen LogP contribution in [0.2, 0.25) is 0 Å². The van der Waals surface area contributed by atoms with Crippen LogP contribution < -0.4 is 15.4 Å². The lowest BCUT2D eigenvalue weighted by Gasteiger charge is -2.35. The van der Waals surface area contributed by atoms with Crippen LogP contribution in [0.1, 0.15) is 24.0 Å². The van der Waals surface area contributed by atoms with Crippen molar-refractivity contribution >= 4 is 5.91 Å². The number of methoxy groups -OCH3 is 1. The molecular weight excluding hydrogens is 318 g/mol. The van der Waals surface area contributed by atoms with Crippen molar-refractivity contribution in [2.45, 2.75) is 32.9 Å². The van der Waals surface area contributed by atoms with Crippen molar-refractivity contribution in [3.63, 3.8) is 0 Å². The average Bonchev–Trinajstić information content (AvgIpc) is 2.55. The summed E-state index contributed by atoms with van der Waals surface area (Å²) >= 11 is 0. The summed E-state index contributed by atoms with van der Waals surface area (Å²) in [6, 6.07) is 4.93. The van der Waals surface area contributed by atoms with Crippen LogP contribution in [0.25, 0.3) is 0 Å². The number of carbonyl (C=O) groups excluding carboxylic acids is 1. The van der Waals surface area contributed by atoms with Gasteiger partial charge in [0.15, 0.2) is 0 Å². The van der Waals surface area contributed by atoms with Crippen LogP contribution >= 0.6 is 0 Å². The lowest BCUT2D eigenvalue weighted by Crippen LogP contribution is -2.50. The second-order valence-corrected chi connectivity index (χ2v) is 6.14. The number of ether oxygens (including phenoxy) is 2. The van der Waals surface area contributed by atoms with E-state index < -0.39 is 12.0 Å². The Hall–Kier alpha value is -1.73. The summed E-state index contributed by atoms with van der Waals surface area (Å²) in [6.07, 6.45) is 1.36. The minimum Gasteiger partial charge on any atom is -0.434 e. The number of piperidine rings is 1. The fourth-order valence-corrected chi connectivity index (χ4v) is 3.04. The van der Waals surface area contributed by atoms with E-state index >= 15 is 0 Å². The third-order valence-corrected chi connectivity index (χ3v) is 4.33. The second-order valence-electron chi connectivity index (χ2n) is 6.14. The van der Waals surface area contributed by atoms with Gasteiger partial charge in [0.05, 0.1) is 12.0 Å². The Morgan fingerprint density at radius 1 is 1.38 bits per heavy atom. The molecule has 0 aliphatic carbocycles. The zero-order valence-corrected chi connectivity index (χ0v) is 14.0. The molecule has 1 aliphatic rings. The summed E-state index contributed by atoms with van der Waals surface area (Å²) < 4.78 is 34.8. The number of halogens is 2. The molecule has 0 bridgehead atoms. The molecule has 1 heterocycles. The lowest BCUT2D eigenvalue weighted by molar-refractivity contribution is -0.136. The van der Waals surface area contributed by atoms with Crippen molar-refractivity contribution in [2.75, 3.05) is 26.8 Å². The SMILES string of the molecule is COCC1(C(=O)NCc2cc(C)ccc2OC(F)F)CCNCC1. The van der Waals surface area contributed by atoms with Crippen LogP contribution in [0.4, 0.5) is 8.78 Å². The van der Waals surface area contributed by atoms with Crippen molar-refractivity contribution in [1.82, 2.24) is 10.6 Å². The first-order chi connectivity index (χ1) is 11.5. The van der Waals surface area contributed by atoms with E-state index in [1.165, 1.54) is 6.07 Å². The predicted octanol–water partition coefficient (Wildman–Crippen LogP) is 2.23. The maximum Gasteiger partial charge on any atom is 0.387 e. The van der Waals surface area contributed by atoms with Crippen molar-refractivity contribution in [2.24, 2.45) is 5.41 Å². The third kappa shape index (κ3) is 4.64. The summed E-state index contributed by atoms with van der Waals surface area (Å²) in [6.45, 7) is 0.945. The highest BCUT2D eigenvalue weighted by Crippen LogP contribution is 2.30. The minimum atomic E-state index is -2.90. The van der Waals surface area contributed by atoms with Gasteiger partial charge in [-0.15, -0.1) is 0 Å². The van der Waals surface area contributed by atoms with E-state index in [-0.39, 0.29) is 18.2 Å². The maximum atomic E-state index is 12.7. The molecule has 1 saturated heterocycles. The first kappa shape index (κ1) is 18.6. The molecular formula is C17H24F2N2O3. The van der Waals surface area contributed by atoms with Crippen LogP contribution in [-0.2, 0) is 16.1 Å². The Morgan fingerprint density at radius 2 is 2.08 bits per heavy atom. The summed E-state index contributed by atoms with van der Waals surface area (Å²) in [5.41, 5.74) is 0.868. The van der Waals surface area contributed by atoms with Crippen LogP contribution in [0.3, 0.4) is 0 Å². The van der Waals surface area contributed by atoms with E-state index in [9.17, 15) is 13.6 Å². The number of rotatable bonds is 7. The Balaban J connectivity index is 2.08. The van der Waals surface area contributed by atoms with Gasteiger partial charge in [-0.2, -0.15) is 8.78 Å². The van der Waals surface area contributed by atoms with Gasteiger partial charge in [0.25, 0.3) is 0 Å². The molecule has 2 N–H and O–H groups in total. The van der Waals surface area contributed by atoms with Gasteiger partial charge in [0.1, 0.15) is 5.75 Å².